The predicted molar refractivity (Wildman–Crippen MR) is 78.5 cm³/mol. The van der Waals surface area contributed by atoms with Crippen molar-refractivity contribution in [2.24, 2.45) is 11.1 Å². The molecule has 0 unspecified atom stereocenters. The molecule has 0 saturated carbocycles. The molecular weight excluding hydrogens is 282 g/mol. The maximum absolute atomic E-state index is 10.9. The molecule has 0 saturated heterocycles. The topological polar surface area (TPSA) is 102 Å². The van der Waals surface area contributed by atoms with Crippen molar-refractivity contribution in [1.29, 1.82) is 5.41 Å². The van der Waals surface area contributed by atoms with Gasteiger partial charge in [0.15, 0.2) is 0 Å². The second-order valence-corrected chi connectivity index (χ2v) is 5.50. The number of amidine groups is 1. The van der Waals surface area contributed by atoms with Crippen LogP contribution >= 0.6 is 11.6 Å². The molecule has 0 aliphatic heterocycles. The third-order valence-electron chi connectivity index (χ3n) is 3.06. The predicted octanol–water partition coefficient (Wildman–Crippen LogP) is 3.37. The van der Waals surface area contributed by atoms with Crippen molar-refractivity contribution in [1.82, 2.24) is 0 Å². The fourth-order valence-corrected chi connectivity index (χ4v) is 1.83. The molecule has 1 aromatic rings. The van der Waals surface area contributed by atoms with Gasteiger partial charge in [0.25, 0.3) is 0 Å². The molecule has 0 aromatic heterocycles. The number of hydrogen-bond acceptors (Lipinski definition) is 4. The number of benzene rings is 1. The van der Waals surface area contributed by atoms with Gasteiger partial charge in [-0.15, -0.1) is 0 Å². The molecule has 0 fully saturated rings. The van der Waals surface area contributed by atoms with Gasteiger partial charge >= 0.3 is 5.69 Å². The Labute approximate surface area is 122 Å². The zero-order valence-electron chi connectivity index (χ0n) is 11.5. The van der Waals surface area contributed by atoms with E-state index in [0.717, 1.165) is 0 Å². The highest BCUT2D eigenvalue weighted by atomic mass is 35.5. The number of halogens is 1. The highest BCUT2D eigenvalue weighted by molar-refractivity contribution is 6.32. The number of nitro groups is 1. The van der Waals surface area contributed by atoms with E-state index >= 15 is 0 Å². The third-order valence-corrected chi connectivity index (χ3v) is 3.36. The molecule has 0 amide bonds. The number of rotatable bonds is 7. The van der Waals surface area contributed by atoms with Crippen LogP contribution in [0.1, 0.15) is 26.7 Å². The monoisotopic (exact) mass is 299 g/mol. The zero-order valence-corrected chi connectivity index (χ0v) is 12.2. The van der Waals surface area contributed by atoms with Gasteiger partial charge in [0, 0.05) is 11.5 Å². The second-order valence-electron chi connectivity index (χ2n) is 5.09. The molecule has 20 heavy (non-hydrogen) atoms. The maximum atomic E-state index is 10.9. The number of nitrogens with zero attached hydrogens (tertiary/aromatic N) is 1. The summed E-state index contributed by atoms with van der Waals surface area (Å²) in [5, 5.41) is 18.5. The van der Waals surface area contributed by atoms with E-state index in [4.69, 9.17) is 27.5 Å². The fourth-order valence-electron chi connectivity index (χ4n) is 1.61. The first-order valence-electron chi connectivity index (χ1n) is 6.16. The van der Waals surface area contributed by atoms with Crippen LogP contribution in [0.4, 0.5) is 5.69 Å². The molecule has 1 rings (SSSR count). The average Bonchev–Trinajstić information content (AvgIpc) is 2.35. The van der Waals surface area contributed by atoms with Gasteiger partial charge in [-0.3, -0.25) is 15.5 Å². The van der Waals surface area contributed by atoms with E-state index in [1.54, 1.807) is 6.07 Å². The summed E-state index contributed by atoms with van der Waals surface area (Å²) in [6.45, 7) is 4.02. The lowest BCUT2D eigenvalue weighted by atomic mass is 9.87. The largest absolute Gasteiger partial charge is 0.486 e. The summed E-state index contributed by atoms with van der Waals surface area (Å²) in [4.78, 5) is 10.4. The number of hydrogen-bond donors (Lipinski definition) is 2. The molecule has 110 valence electrons. The smallest absolute Gasteiger partial charge is 0.312 e. The zero-order chi connectivity index (χ0) is 15.3. The van der Waals surface area contributed by atoms with Gasteiger partial charge in [-0.2, -0.15) is 0 Å². The minimum absolute atomic E-state index is 0.0831. The normalized spacial score (nSPS) is 11.2. The number of nitrogens with two attached hydrogens (primary N) is 1. The Hall–Kier alpha value is -1.82. The first kappa shape index (κ1) is 16.2. The Balaban J connectivity index is 2.63. The summed E-state index contributed by atoms with van der Waals surface area (Å²) >= 11 is 5.91. The first-order chi connectivity index (χ1) is 9.25. The van der Waals surface area contributed by atoms with Crippen LogP contribution in [0.3, 0.4) is 0 Å². The van der Waals surface area contributed by atoms with E-state index in [0.29, 0.717) is 12.8 Å². The summed E-state index contributed by atoms with van der Waals surface area (Å²) in [5.74, 6) is 0.195. The van der Waals surface area contributed by atoms with Crippen molar-refractivity contribution in [2.45, 2.75) is 26.7 Å². The molecule has 3 N–H and O–H groups in total. The summed E-state index contributed by atoms with van der Waals surface area (Å²) in [7, 11) is 0. The molecule has 0 aliphatic rings. The fraction of sp³-hybridized carbons (Fsp3) is 0.462. The lowest BCUT2D eigenvalue weighted by Crippen LogP contribution is -2.31. The minimum atomic E-state index is -0.527. The maximum Gasteiger partial charge on any atom is 0.312 e. The van der Waals surface area contributed by atoms with Crippen LogP contribution in [0, 0.1) is 20.9 Å². The van der Waals surface area contributed by atoms with Crippen LogP contribution in [0.2, 0.25) is 5.02 Å². The Bertz CT molecular complexity index is 518. The molecular formula is C13H18ClN3O3. The lowest BCUT2D eigenvalue weighted by Gasteiger charge is -2.22. The van der Waals surface area contributed by atoms with Crippen LogP contribution in [0.15, 0.2) is 18.2 Å². The van der Waals surface area contributed by atoms with Crippen LogP contribution in [0.25, 0.3) is 0 Å². The Morgan fingerprint density at radius 2 is 2.20 bits per heavy atom. The van der Waals surface area contributed by atoms with E-state index in [9.17, 15) is 10.1 Å². The molecule has 0 spiro atoms. The van der Waals surface area contributed by atoms with Gasteiger partial charge in [0.05, 0.1) is 22.4 Å². The summed E-state index contributed by atoms with van der Waals surface area (Å²) < 4.78 is 5.42. The van der Waals surface area contributed by atoms with Crippen molar-refractivity contribution in [2.75, 3.05) is 6.61 Å². The summed E-state index contributed by atoms with van der Waals surface area (Å²) in [6, 6.07) is 4.40. The SMILES string of the molecule is CC(C)(CCCOc1c(Cl)cccc1[N+](=O)[O-])C(=N)N. The first-order valence-corrected chi connectivity index (χ1v) is 6.53. The van der Waals surface area contributed by atoms with Crippen molar-refractivity contribution in [3.8, 4) is 5.75 Å². The average molecular weight is 300 g/mol. The third kappa shape index (κ3) is 4.09. The van der Waals surface area contributed by atoms with Crippen LogP contribution < -0.4 is 10.5 Å². The van der Waals surface area contributed by atoms with Gasteiger partial charge in [-0.05, 0) is 18.9 Å². The Morgan fingerprint density at radius 3 is 2.75 bits per heavy atom. The van der Waals surface area contributed by atoms with Crippen molar-refractivity contribution >= 4 is 23.1 Å². The van der Waals surface area contributed by atoms with E-state index in [1.165, 1.54) is 12.1 Å². The van der Waals surface area contributed by atoms with E-state index in [-0.39, 0.29) is 28.9 Å². The van der Waals surface area contributed by atoms with Crippen LogP contribution in [-0.2, 0) is 0 Å². The van der Waals surface area contributed by atoms with Crippen molar-refractivity contribution in [3.05, 3.63) is 33.3 Å². The Morgan fingerprint density at radius 1 is 1.55 bits per heavy atom. The molecule has 0 radical (unpaired) electrons. The summed E-state index contributed by atoms with van der Waals surface area (Å²) in [5.41, 5.74) is 4.93. The molecule has 0 atom stereocenters. The lowest BCUT2D eigenvalue weighted by molar-refractivity contribution is -0.385. The highest BCUT2D eigenvalue weighted by Crippen LogP contribution is 2.34. The van der Waals surface area contributed by atoms with Gasteiger partial charge < -0.3 is 10.5 Å². The van der Waals surface area contributed by atoms with E-state index in [2.05, 4.69) is 0 Å². The molecule has 7 heteroatoms. The number of ether oxygens (including phenoxy) is 1. The molecule has 6 nitrogen and oxygen atoms in total. The number of nitro benzene ring substituents is 1. The molecule has 0 aliphatic carbocycles. The standard InChI is InChI=1S/C13H18ClN3O3/c1-13(2,12(15)16)7-4-8-20-11-9(14)5-3-6-10(11)17(18)19/h3,5-6H,4,7-8H2,1-2H3,(H3,15,16). The van der Waals surface area contributed by atoms with Gasteiger partial charge in [0.1, 0.15) is 0 Å². The minimum Gasteiger partial charge on any atom is -0.486 e. The molecule has 1 aromatic carbocycles. The van der Waals surface area contributed by atoms with Crippen molar-refractivity contribution < 1.29 is 9.66 Å². The van der Waals surface area contributed by atoms with Crippen LogP contribution in [0.5, 0.6) is 5.75 Å². The van der Waals surface area contributed by atoms with Gasteiger partial charge in [0.2, 0.25) is 5.75 Å². The summed E-state index contributed by atoms with van der Waals surface area (Å²) in [6.07, 6.45) is 1.27. The van der Waals surface area contributed by atoms with Crippen molar-refractivity contribution in [3.63, 3.8) is 0 Å². The molecule has 0 bridgehead atoms. The van der Waals surface area contributed by atoms with E-state index < -0.39 is 10.3 Å². The molecule has 0 heterocycles. The highest BCUT2D eigenvalue weighted by Gasteiger charge is 2.22. The number of nitrogens with one attached hydrogen (secondary N) is 1. The van der Waals surface area contributed by atoms with Gasteiger partial charge in [-0.1, -0.05) is 31.5 Å². The van der Waals surface area contributed by atoms with Gasteiger partial charge in [-0.25, -0.2) is 0 Å². The van der Waals surface area contributed by atoms with E-state index in [1.807, 2.05) is 13.8 Å². The van der Waals surface area contributed by atoms with Crippen LogP contribution in [-0.4, -0.2) is 17.4 Å². The quantitative estimate of drug-likeness (QED) is 0.265. The number of para-hydroxylation sites is 1. The second kappa shape index (κ2) is 6.56. The Kier molecular flexibility index (Phi) is 5.33.